The van der Waals surface area contributed by atoms with E-state index in [1.54, 1.807) is 36.4 Å². The van der Waals surface area contributed by atoms with E-state index in [4.69, 9.17) is 5.11 Å². The van der Waals surface area contributed by atoms with Crippen molar-refractivity contribution in [3.8, 4) is 11.1 Å². The molecular formula is C28H29FN2O5S. The Morgan fingerprint density at radius 1 is 0.865 bits per heavy atom. The molecule has 1 aliphatic rings. The van der Waals surface area contributed by atoms with Crippen molar-refractivity contribution >= 4 is 21.9 Å². The predicted octanol–water partition coefficient (Wildman–Crippen LogP) is 4.91. The van der Waals surface area contributed by atoms with Gasteiger partial charge in [0.05, 0.1) is 16.5 Å². The molecule has 0 spiro atoms. The minimum absolute atomic E-state index is 0.0786. The van der Waals surface area contributed by atoms with E-state index in [0.717, 1.165) is 16.7 Å². The first kappa shape index (κ1) is 26.5. The Balaban J connectivity index is 1.30. The number of benzene rings is 3. The van der Waals surface area contributed by atoms with E-state index >= 15 is 0 Å². The van der Waals surface area contributed by atoms with Gasteiger partial charge in [-0.05, 0) is 85.7 Å². The molecule has 0 radical (unpaired) electrons. The van der Waals surface area contributed by atoms with E-state index in [9.17, 15) is 22.4 Å². The van der Waals surface area contributed by atoms with Gasteiger partial charge in [-0.25, -0.2) is 22.3 Å². The highest BCUT2D eigenvalue weighted by atomic mass is 32.2. The van der Waals surface area contributed by atoms with Crippen LogP contribution in [0, 0.1) is 11.7 Å². The van der Waals surface area contributed by atoms with Gasteiger partial charge in [-0.3, -0.25) is 4.79 Å². The number of hydrogen-bond donors (Lipinski definition) is 3. The third-order valence-corrected chi connectivity index (χ3v) is 8.31. The predicted molar refractivity (Wildman–Crippen MR) is 138 cm³/mol. The summed E-state index contributed by atoms with van der Waals surface area (Å²) >= 11 is 0. The van der Waals surface area contributed by atoms with Gasteiger partial charge in [0, 0.05) is 12.0 Å². The van der Waals surface area contributed by atoms with E-state index in [1.807, 2.05) is 6.92 Å². The molecule has 4 rings (SSSR count). The first-order chi connectivity index (χ1) is 17.6. The number of nitrogens with one attached hydrogen (secondary N) is 2. The van der Waals surface area contributed by atoms with Crippen molar-refractivity contribution in [2.75, 3.05) is 0 Å². The van der Waals surface area contributed by atoms with E-state index in [2.05, 4.69) is 10.0 Å². The number of halogens is 1. The van der Waals surface area contributed by atoms with Crippen LogP contribution in [0.25, 0.3) is 11.1 Å². The molecule has 37 heavy (non-hydrogen) atoms. The average molecular weight is 525 g/mol. The zero-order valence-electron chi connectivity index (χ0n) is 20.4. The van der Waals surface area contributed by atoms with E-state index < -0.39 is 16.0 Å². The fourth-order valence-corrected chi connectivity index (χ4v) is 5.86. The number of carboxylic acids is 1. The third-order valence-electron chi connectivity index (χ3n) is 6.78. The number of sulfonamides is 1. The zero-order chi connectivity index (χ0) is 26.6. The van der Waals surface area contributed by atoms with Crippen molar-refractivity contribution in [2.24, 2.45) is 5.92 Å². The van der Waals surface area contributed by atoms with Crippen LogP contribution in [-0.2, 0) is 14.8 Å². The highest BCUT2D eigenvalue weighted by Gasteiger charge is 2.29. The van der Waals surface area contributed by atoms with Crippen molar-refractivity contribution in [1.82, 2.24) is 10.0 Å². The van der Waals surface area contributed by atoms with Crippen LogP contribution in [0.2, 0.25) is 0 Å². The molecule has 1 fully saturated rings. The summed E-state index contributed by atoms with van der Waals surface area (Å²) in [5.41, 5.74) is 2.56. The first-order valence-electron chi connectivity index (χ1n) is 12.1. The number of hydrogen-bond acceptors (Lipinski definition) is 4. The Hall–Kier alpha value is -3.56. The normalized spacial score (nSPS) is 18.6. The standard InChI is InChI=1S/C28H29FN2O5S/c1-18(19-6-12-24(29)13-7-19)30-27(32)22-8-14-25(15-9-22)31-37(35,36)26-16-10-21(11-17-26)20-2-4-23(5-3-20)28(33)34/h2-7,10-13,16-18,22,25,31H,8-9,14-15H2,1H3,(H,30,32)(H,33,34)/t18-,22?,25?/m1/s1. The molecule has 0 heterocycles. The SMILES string of the molecule is C[C@@H](NC(=O)C1CCC(NS(=O)(=O)c2ccc(-c3ccc(C(=O)O)cc3)cc2)CC1)c1ccc(F)cc1. The van der Waals surface area contributed by atoms with Gasteiger partial charge in [-0.1, -0.05) is 36.4 Å². The molecule has 0 saturated heterocycles. The highest BCUT2D eigenvalue weighted by Crippen LogP contribution is 2.27. The van der Waals surface area contributed by atoms with Crippen molar-refractivity contribution in [2.45, 2.75) is 49.6 Å². The van der Waals surface area contributed by atoms with Gasteiger partial charge in [0.1, 0.15) is 5.82 Å². The second kappa shape index (κ2) is 11.2. The second-order valence-electron chi connectivity index (χ2n) is 9.36. The van der Waals surface area contributed by atoms with Gasteiger partial charge in [0.15, 0.2) is 0 Å². The summed E-state index contributed by atoms with van der Waals surface area (Å²) in [5.74, 6) is -1.61. The monoisotopic (exact) mass is 524 g/mol. The van der Waals surface area contributed by atoms with Gasteiger partial charge < -0.3 is 10.4 Å². The summed E-state index contributed by atoms with van der Waals surface area (Å²) in [7, 11) is -3.73. The summed E-state index contributed by atoms with van der Waals surface area (Å²) < 4.78 is 41.8. The lowest BCUT2D eigenvalue weighted by Gasteiger charge is -2.29. The van der Waals surface area contributed by atoms with Crippen molar-refractivity contribution in [3.63, 3.8) is 0 Å². The van der Waals surface area contributed by atoms with Crippen molar-refractivity contribution < 1.29 is 27.5 Å². The molecule has 9 heteroatoms. The van der Waals surface area contributed by atoms with Crippen LogP contribution in [0.15, 0.2) is 77.7 Å². The van der Waals surface area contributed by atoms with Gasteiger partial charge in [-0.2, -0.15) is 0 Å². The summed E-state index contributed by atoms with van der Waals surface area (Å²) in [6, 6.07) is 18.3. The number of carbonyl (C=O) groups excluding carboxylic acids is 1. The van der Waals surface area contributed by atoms with Gasteiger partial charge in [0.2, 0.25) is 15.9 Å². The van der Waals surface area contributed by atoms with E-state index in [1.165, 1.54) is 36.4 Å². The van der Waals surface area contributed by atoms with Crippen LogP contribution in [0.5, 0.6) is 0 Å². The molecule has 1 atom stereocenters. The molecule has 0 bridgehead atoms. The largest absolute Gasteiger partial charge is 0.478 e. The maximum atomic E-state index is 13.1. The average Bonchev–Trinajstić information content (AvgIpc) is 2.89. The topological polar surface area (TPSA) is 113 Å². The molecule has 1 saturated carbocycles. The molecule has 0 unspecified atom stereocenters. The van der Waals surface area contributed by atoms with Crippen LogP contribution in [-0.4, -0.2) is 31.4 Å². The number of rotatable bonds is 8. The Bertz CT molecular complexity index is 1350. The molecule has 3 N–H and O–H groups in total. The summed E-state index contributed by atoms with van der Waals surface area (Å²) in [6.45, 7) is 1.85. The van der Waals surface area contributed by atoms with Crippen LogP contribution < -0.4 is 10.0 Å². The van der Waals surface area contributed by atoms with Crippen LogP contribution in [0.4, 0.5) is 4.39 Å². The maximum Gasteiger partial charge on any atom is 0.335 e. The van der Waals surface area contributed by atoms with Gasteiger partial charge >= 0.3 is 5.97 Å². The minimum Gasteiger partial charge on any atom is -0.478 e. The summed E-state index contributed by atoms with van der Waals surface area (Å²) in [4.78, 5) is 23.9. The molecule has 194 valence electrons. The van der Waals surface area contributed by atoms with Crippen molar-refractivity contribution in [1.29, 1.82) is 0 Å². The lowest BCUT2D eigenvalue weighted by Crippen LogP contribution is -2.41. The Morgan fingerprint density at radius 3 is 1.95 bits per heavy atom. The quantitative estimate of drug-likeness (QED) is 0.388. The summed E-state index contributed by atoms with van der Waals surface area (Å²) in [6.07, 6.45) is 2.24. The summed E-state index contributed by atoms with van der Waals surface area (Å²) in [5, 5.41) is 12.0. The van der Waals surface area contributed by atoms with Gasteiger partial charge in [-0.15, -0.1) is 0 Å². The second-order valence-corrected chi connectivity index (χ2v) is 11.1. The molecule has 0 aromatic heterocycles. The molecular weight excluding hydrogens is 495 g/mol. The molecule has 7 nitrogen and oxygen atoms in total. The van der Waals surface area contributed by atoms with Crippen molar-refractivity contribution in [3.05, 3.63) is 89.7 Å². The van der Waals surface area contributed by atoms with Crippen LogP contribution in [0.1, 0.15) is 54.6 Å². The minimum atomic E-state index is -3.73. The highest BCUT2D eigenvalue weighted by molar-refractivity contribution is 7.89. The fraction of sp³-hybridized carbons (Fsp3) is 0.286. The third kappa shape index (κ3) is 6.61. The molecule has 1 amide bonds. The number of amides is 1. The Kier molecular flexibility index (Phi) is 8.04. The first-order valence-corrected chi connectivity index (χ1v) is 13.6. The maximum absolute atomic E-state index is 13.1. The van der Waals surface area contributed by atoms with Gasteiger partial charge in [0.25, 0.3) is 0 Å². The van der Waals surface area contributed by atoms with Crippen LogP contribution >= 0.6 is 0 Å². The molecule has 3 aromatic carbocycles. The lowest BCUT2D eigenvalue weighted by molar-refractivity contribution is -0.126. The number of carbonyl (C=O) groups is 2. The smallest absolute Gasteiger partial charge is 0.335 e. The zero-order valence-corrected chi connectivity index (χ0v) is 21.2. The molecule has 3 aromatic rings. The van der Waals surface area contributed by atoms with E-state index in [-0.39, 0.29) is 40.2 Å². The molecule has 1 aliphatic carbocycles. The Labute approximate surface area is 215 Å². The number of aromatic carboxylic acids is 1. The van der Waals surface area contributed by atoms with E-state index in [0.29, 0.717) is 25.7 Å². The fourth-order valence-electron chi connectivity index (χ4n) is 4.56. The number of carboxylic acid groups (broad SMARTS) is 1. The molecule has 0 aliphatic heterocycles. The lowest BCUT2D eigenvalue weighted by atomic mass is 9.85. The van der Waals surface area contributed by atoms with Crippen LogP contribution in [0.3, 0.4) is 0 Å². The Morgan fingerprint density at radius 2 is 1.41 bits per heavy atom.